The van der Waals surface area contributed by atoms with Crippen molar-refractivity contribution in [1.82, 2.24) is 15.1 Å². The number of likely N-dealkylation sites (tertiary alicyclic amines) is 1. The number of ether oxygens (including phenoxy) is 2. The highest BCUT2D eigenvalue weighted by atomic mass is 19.1. The fraction of sp³-hybridized carbons (Fsp3) is 0.276. The van der Waals surface area contributed by atoms with Gasteiger partial charge in [0.05, 0.1) is 18.4 Å². The van der Waals surface area contributed by atoms with Crippen LogP contribution in [0.25, 0.3) is 22.0 Å². The van der Waals surface area contributed by atoms with Gasteiger partial charge in [-0.3, -0.25) is 14.4 Å². The fourth-order valence-electron chi connectivity index (χ4n) is 5.21. The van der Waals surface area contributed by atoms with Crippen LogP contribution < -0.4 is 9.47 Å². The van der Waals surface area contributed by atoms with E-state index in [2.05, 4.69) is 28.1 Å². The Morgan fingerprint density at radius 2 is 1.94 bits per heavy atom. The van der Waals surface area contributed by atoms with Crippen LogP contribution in [0, 0.1) is 5.92 Å². The third-order valence-corrected chi connectivity index (χ3v) is 7.16. The summed E-state index contributed by atoms with van der Waals surface area (Å²) >= 11 is 0. The minimum atomic E-state index is -0.338. The number of fused-ring (bicyclic) bond motifs is 2. The van der Waals surface area contributed by atoms with E-state index in [1.165, 1.54) is 0 Å². The summed E-state index contributed by atoms with van der Waals surface area (Å²) in [4.78, 5) is 2.21. The average Bonchev–Trinajstić information content (AvgIpc) is 3.35. The van der Waals surface area contributed by atoms with Crippen molar-refractivity contribution < 1.29 is 19.0 Å². The van der Waals surface area contributed by atoms with E-state index in [1.807, 2.05) is 48.7 Å². The number of halogens is 1. The van der Waals surface area contributed by atoms with Crippen LogP contribution in [0.4, 0.5) is 4.39 Å². The lowest BCUT2D eigenvalue weighted by Gasteiger charge is -2.37. The maximum atomic E-state index is 12.6. The molecule has 184 valence electrons. The molecular formula is C29H28FN3O3. The van der Waals surface area contributed by atoms with Crippen LogP contribution in [0.15, 0.2) is 66.9 Å². The largest absolute Gasteiger partial charge is 0.508 e. The van der Waals surface area contributed by atoms with Crippen LogP contribution in [0.3, 0.4) is 0 Å². The molecule has 36 heavy (non-hydrogen) atoms. The molecule has 0 bridgehead atoms. The van der Waals surface area contributed by atoms with E-state index < -0.39 is 0 Å². The lowest BCUT2D eigenvalue weighted by Crippen LogP contribution is -2.49. The molecule has 0 saturated carbocycles. The number of alkyl halides is 1. The summed E-state index contributed by atoms with van der Waals surface area (Å²) in [6.45, 7) is 4.83. The summed E-state index contributed by atoms with van der Waals surface area (Å²) in [6, 6.07) is 19.3. The van der Waals surface area contributed by atoms with Crippen molar-refractivity contribution >= 4 is 22.0 Å². The van der Waals surface area contributed by atoms with Gasteiger partial charge in [0.25, 0.3) is 0 Å². The quantitative estimate of drug-likeness (QED) is 0.356. The number of hydrogen-bond donors (Lipinski definition) is 2. The van der Waals surface area contributed by atoms with E-state index in [0.29, 0.717) is 6.61 Å². The summed E-state index contributed by atoms with van der Waals surface area (Å²) in [5.41, 5.74) is 5.96. The Balaban J connectivity index is 1.30. The van der Waals surface area contributed by atoms with E-state index in [4.69, 9.17) is 9.47 Å². The van der Waals surface area contributed by atoms with Crippen LogP contribution in [0.5, 0.6) is 17.2 Å². The molecule has 6 rings (SSSR count). The SMILES string of the molecule is CC1=C(c2cccc3[nH]ncc23)C(c2ccc(OCCN3CC(CF)C3)cc2)Oc2ccc(O)cc21. The van der Waals surface area contributed by atoms with Crippen molar-refractivity contribution in [3.8, 4) is 17.2 Å². The Hall–Kier alpha value is -3.84. The molecule has 0 spiro atoms. The first-order chi connectivity index (χ1) is 17.6. The van der Waals surface area contributed by atoms with E-state index in [1.54, 1.807) is 12.1 Å². The standard InChI is InChI=1S/C29H28FN3O3/c1-18-24-13-21(34)7-10-27(24)36-29(28(18)23-3-2-4-26-25(23)15-31-32-26)20-5-8-22(9-6-20)35-12-11-33-16-19(14-30)17-33/h2-10,13,15,19,29,34H,11-12,14,16-17H2,1H3,(H,31,32). The third kappa shape index (κ3) is 4.09. The zero-order valence-electron chi connectivity index (χ0n) is 20.1. The number of aromatic hydroxyl groups is 1. The molecule has 0 amide bonds. The third-order valence-electron chi connectivity index (χ3n) is 7.16. The summed E-state index contributed by atoms with van der Waals surface area (Å²) < 4.78 is 25.1. The zero-order valence-corrected chi connectivity index (χ0v) is 20.1. The molecule has 2 aliphatic heterocycles. The molecule has 2 N–H and O–H groups in total. The molecule has 7 heteroatoms. The molecular weight excluding hydrogens is 457 g/mol. The maximum absolute atomic E-state index is 12.6. The van der Waals surface area contributed by atoms with Gasteiger partial charge >= 0.3 is 0 Å². The Morgan fingerprint density at radius 3 is 2.75 bits per heavy atom. The Kier molecular flexibility index (Phi) is 5.85. The lowest BCUT2D eigenvalue weighted by molar-refractivity contribution is 0.0668. The van der Waals surface area contributed by atoms with Crippen molar-refractivity contribution in [1.29, 1.82) is 0 Å². The predicted molar refractivity (Wildman–Crippen MR) is 138 cm³/mol. The van der Waals surface area contributed by atoms with Crippen LogP contribution in [-0.4, -0.2) is 53.1 Å². The monoisotopic (exact) mass is 485 g/mol. The fourth-order valence-corrected chi connectivity index (χ4v) is 5.21. The highest BCUT2D eigenvalue weighted by Gasteiger charge is 2.31. The highest BCUT2D eigenvalue weighted by Crippen LogP contribution is 2.48. The van der Waals surface area contributed by atoms with Gasteiger partial charge in [0.1, 0.15) is 30.0 Å². The molecule has 3 aromatic carbocycles. The summed E-state index contributed by atoms with van der Waals surface area (Å²) in [5.74, 6) is 1.92. The van der Waals surface area contributed by atoms with Gasteiger partial charge in [-0.15, -0.1) is 0 Å². The van der Waals surface area contributed by atoms with E-state index in [-0.39, 0.29) is 24.4 Å². The van der Waals surface area contributed by atoms with Crippen molar-refractivity contribution in [2.75, 3.05) is 32.9 Å². The molecule has 1 saturated heterocycles. The molecule has 1 atom stereocenters. The van der Waals surface area contributed by atoms with Gasteiger partial charge in [-0.05, 0) is 60.0 Å². The molecule has 0 aliphatic carbocycles. The predicted octanol–water partition coefficient (Wildman–Crippen LogP) is 5.61. The van der Waals surface area contributed by atoms with Gasteiger partial charge in [0.15, 0.2) is 0 Å². The summed E-state index contributed by atoms with van der Waals surface area (Å²) in [6.07, 6.45) is 1.50. The molecule has 4 aromatic rings. The van der Waals surface area contributed by atoms with Crippen LogP contribution in [0.2, 0.25) is 0 Å². The molecule has 6 nitrogen and oxygen atoms in total. The van der Waals surface area contributed by atoms with Crippen LogP contribution in [-0.2, 0) is 0 Å². The number of aromatic amines is 1. The molecule has 1 fully saturated rings. The number of phenolic OH excluding ortho intramolecular Hbond substituents is 1. The first kappa shape index (κ1) is 22.6. The number of hydrogen-bond acceptors (Lipinski definition) is 5. The lowest BCUT2D eigenvalue weighted by atomic mass is 9.85. The number of phenols is 1. The van der Waals surface area contributed by atoms with Crippen molar-refractivity contribution in [3.05, 3.63) is 83.6 Å². The molecule has 1 unspecified atom stereocenters. The number of H-pyrrole nitrogens is 1. The van der Waals surface area contributed by atoms with Crippen LogP contribution in [0.1, 0.15) is 29.7 Å². The second-order valence-electron chi connectivity index (χ2n) is 9.55. The number of aromatic nitrogens is 2. The molecule has 2 aliphatic rings. The zero-order chi connectivity index (χ0) is 24.6. The van der Waals surface area contributed by atoms with Crippen molar-refractivity contribution in [3.63, 3.8) is 0 Å². The van der Waals surface area contributed by atoms with Crippen molar-refractivity contribution in [2.45, 2.75) is 13.0 Å². The van der Waals surface area contributed by atoms with Gasteiger partial charge < -0.3 is 14.6 Å². The highest BCUT2D eigenvalue weighted by molar-refractivity contribution is 6.03. The summed E-state index contributed by atoms with van der Waals surface area (Å²) in [5, 5.41) is 18.5. The van der Waals surface area contributed by atoms with E-state index in [9.17, 15) is 9.50 Å². The number of nitrogens with one attached hydrogen (secondary N) is 1. The maximum Gasteiger partial charge on any atom is 0.150 e. The topological polar surface area (TPSA) is 70.6 Å². The van der Waals surface area contributed by atoms with Gasteiger partial charge in [0, 0.05) is 42.1 Å². The smallest absolute Gasteiger partial charge is 0.150 e. The van der Waals surface area contributed by atoms with E-state index in [0.717, 1.165) is 69.9 Å². The van der Waals surface area contributed by atoms with Crippen LogP contribution >= 0.6 is 0 Å². The number of allylic oxidation sites excluding steroid dienone is 1. The Bertz CT molecular complexity index is 1420. The second kappa shape index (κ2) is 9.32. The van der Waals surface area contributed by atoms with Gasteiger partial charge in [0.2, 0.25) is 0 Å². The van der Waals surface area contributed by atoms with Gasteiger partial charge in [-0.25, -0.2) is 0 Å². The molecule has 3 heterocycles. The van der Waals surface area contributed by atoms with Gasteiger partial charge in [-0.1, -0.05) is 24.3 Å². The van der Waals surface area contributed by atoms with Gasteiger partial charge in [-0.2, -0.15) is 5.10 Å². The first-order valence-corrected chi connectivity index (χ1v) is 12.2. The molecule has 0 radical (unpaired) electrons. The summed E-state index contributed by atoms with van der Waals surface area (Å²) in [7, 11) is 0. The minimum absolute atomic E-state index is 0.187. The number of benzene rings is 3. The number of nitrogens with zero attached hydrogens (tertiary/aromatic N) is 2. The Labute approximate surface area is 209 Å². The normalized spacial score (nSPS) is 18.1. The average molecular weight is 486 g/mol. The minimum Gasteiger partial charge on any atom is -0.508 e. The van der Waals surface area contributed by atoms with E-state index >= 15 is 0 Å². The Morgan fingerprint density at radius 1 is 1.11 bits per heavy atom. The number of rotatable bonds is 7. The first-order valence-electron chi connectivity index (χ1n) is 12.2. The van der Waals surface area contributed by atoms with Crippen molar-refractivity contribution in [2.24, 2.45) is 5.92 Å². The second-order valence-corrected chi connectivity index (χ2v) is 9.55. The molecule has 1 aromatic heterocycles.